The molecular weight excluding hydrogens is 362 g/mol. The highest BCUT2D eigenvalue weighted by molar-refractivity contribution is 9.13. The molecule has 18 heavy (non-hydrogen) atoms. The van der Waals surface area contributed by atoms with Gasteiger partial charge in [0.2, 0.25) is 5.88 Å². The van der Waals surface area contributed by atoms with E-state index in [1.807, 2.05) is 36.4 Å². The Morgan fingerprint density at radius 3 is 2.78 bits per heavy atom. The van der Waals surface area contributed by atoms with Gasteiger partial charge in [-0.15, -0.1) is 10.2 Å². The van der Waals surface area contributed by atoms with Crippen LogP contribution in [-0.2, 0) is 0 Å². The zero-order valence-corrected chi connectivity index (χ0v) is 12.2. The molecule has 0 aliphatic heterocycles. The molecule has 0 saturated carbocycles. The second kappa shape index (κ2) is 4.70. The fraction of sp³-hybridized carbons (Fsp3) is 0. The quantitative estimate of drug-likeness (QED) is 0.685. The molecule has 6 heteroatoms. The van der Waals surface area contributed by atoms with Crippen LogP contribution in [-0.4, -0.2) is 14.6 Å². The molecular formula is C12H7Br2N3O. The van der Waals surface area contributed by atoms with Gasteiger partial charge in [0.15, 0.2) is 5.65 Å². The normalized spacial score (nSPS) is 10.8. The van der Waals surface area contributed by atoms with E-state index >= 15 is 0 Å². The van der Waals surface area contributed by atoms with E-state index < -0.39 is 0 Å². The first-order valence-corrected chi connectivity index (χ1v) is 6.75. The van der Waals surface area contributed by atoms with Crippen LogP contribution in [0.5, 0.6) is 11.6 Å². The number of fused-ring (bicyclic) bond motifs is 1. The van der Waals surface area contributed by atoms with Gasteiger partial charge in [0.05, 0.1) is 4.47 Å². The zero-order valence-electron chi connectivity index (χ0n) is 9.05. The van der Waals surface area contributed by atoms with Crippen LogP contribution in [0.15, 0.2) is 51.7 Å². The largest absolute Gasteiger partial charge is 0.439 e. The zero-order chi connectivity index (χ0) is 12.5. The van der Waals surface area contributed by atoms with Crippen molar-refractivity contribution in [2.24, 2.45) is 0 Å². The van der Waals surface area contributed by atoms with E-state index in [1.165, 1.54) is 0 Å². The van der Waals surface area contributed by atoms with Gasteiger partial charge in [-0.1, -0.05) is 12.1 Å². The summed E-state index contributed by atoms with van der Waals surface area (Å²) in [7, 11) is 0. The lowest BCUT2D eigenvalue weighted by atomic mass is 10.3. The Bertz CT molecular complexity index is 711. The third-order valence-corrected chi connectivity index (χ3v) is 4.44. The van der Waals surface area contributed by atoms with Gasteiger partial charge < -0.3 is 4.74 Å². The molecule has 3 aromatic rings. The fourth-order valence-electron chi connectivity index (χ4n) is 1.58. The molecule has 4 nitrogen and oxygen atoms in total. The topological polar surface area (TPSA) is 39.4 Å². The standard InChI is InChI=1S/C12H7Br2N3O/c13-8-3-1-4-9(12(8)14)18-11-6-2-5-10-16-15-7-17(10)11/h1-7H. The summed E-state index contributed by atoms with van der Waals surface area (Å²) < 4.78 is 9.46. The van der Waals surface area contributed by atoms with E-state index in [1.54, 1.807) is 10.7 Å². The summed E-state index contributed by atoms with van der Waals surface area (Å²) in [5, 5.41) is 7.83. The van der Waals surface area contributed by atoms with Crippen molar-refractivity contribution >= 4 is 37.5 Å². The maximum Gasteiger partial charge on any atom is 0.207 e. The van der Waals surface area contributed by atoms with Crippen LogP contribution in [0.1, 0.15) is 0 Å². The highest BCUT2D eigenvalue weighted by Crippen LogP contribution is 2.35. The van der Waals surface area contributed by atoms with E-state index in [0.717, 1.165) is 20.3 Å². The number of pyridine rings is 1. The van der Waals surface area contributed by atoms with Gasteiger partial charge in [0.1, 0.15) is 12.1 Å². The predicted octanol–water partition coefficient (Wildman–Crippen LogP) is 4.05. The molecule has 3 rings (SSSR count). The smallest absolute Gasteiger partial charge is 0.207 e. The Balaban J connectivity index is 2.06. The fourth-order valence-corrected chi connectivity index (χ4v) is 2.28. The number of rotatable bonds is 2. The first-order valence-electron chi connectivity index (χ1n) is 5.16. The number of nitrogens with zero attached hydrogens (tertiary/aromatic N) is 3. The second-order valence-electron chi connectivity index (χ2n) is 3.58. The molecule has 0 unspecified atom stereocenters. The van der Waals surface area contributed by atoms with Gasteiger partial charge in [0, 0.05) is 4.47 Å². The summed E-state index contributed by atoms with van der Waals surface area (Å²) in [6.07, 6.45) is 1.62. The van der Waals surface area contributed by atoms with Crippen molar-refractivity contribution in [2.45, 2.75) is 0 Å². The highest BCUT2D eigenvalue weighted by atomic mass is 79.9. The Labute approximate surface area is 120 Å². The van der Waals surface area contributed by atoms with Crippen LogP contribution in [0, 0.1) is 0 Å². The second-order valence-corrected chi connectivity index (χ2v) is 5.22. The average Bonchev–Trinajstić information content (AvgIpc) is 2.84. The number of hydrogen-bond donors (Lipinski definition) is 0. The monoisotopic (exact) mass is 367 g/mol. The van der Waals surface area contributed by atoms with E-state index in [0.29, 0.717) is 5.88 Å². The Morgan fingerprint density at radius 1 is 1.06 bits per heavy atom. The molecule has 0 aliphatic carbocycles. The van der Waals surface area contributed by atoms with Crippen molar-refractivity contribution in [1.29, 1.82) is 0 Å². The lowest BCUT2D eigenvalue weighted by Gasteiger charge is -2.09. The molecule has 0 saturated heterocycles. The molecule has 1 aromatic carbocycles. The summed E-state index contributed by atoms with van der Waals surface area (Å²) in [4.78, 5) is 0. The molecule has 90 valence electrons. The maximum atomic E-state index is 5.87. The van der Waals surface area contributed by atoms with Gasteiger partial charge in [-0.3, -0.25) is 4.40 Å². The molecule has 0 radical (unpaired) electrons. The number of ether oxygens (including phenoxy) is 1. The molecule has 0 bridgehead atoms. The van der Waals surface area contributed by atoms with Crippen molar-refractivity contribution in [1.82, 2.24) is 14.6 Å². The van der Waals surface area contributed by atoms with Crippen LogP contribution in [0.3, 0.4) is 0 Å². The highest BCUT2D eigenvalue weighted by Gasteiger charge is 2.08. The minimum atomic E-state index is 0.663. The van der Waals surface area contributed by atoms with Crippen LogP contribution in [0.25, 0.3) is 5.65 Å². The molecule has 2 aromatic heterocycles. The first-order chi connectivity index (χ1) is 8.75. The van der Waals surface area contributed by atoms with Gasteiger partial charge in [-0.25, -0.2) is 0 Å². The Morgan fingerprint density at radius 2 is 1.89 bits per heavy atom. The minimum Gasteiger partial charge on any atom is -0.439 e. The summed E-state index contributed by atoms with van der Waals surface area (Å²) in [6.45, 7) is 0. The van der Waals surface area contributed by atoms with E-state index in [4.69, 9.17) is 4.74 Å². The molecule has 0 spiro atoms. The first kappa shape index (κ1) is 11.7. The van der Waals surface area contributed by atoms with Gasteiger partial charge in [0.25, 0.3) is 0 Å². The molecule has 0 fully saturated rings. The molecule has 0 N–H and O–H groups in total. The third-order valence-electron chi connectivity index (χ3n) is 2.43. The lowest BCUT2D eigenvalue weighted by molar-refractivity contribution is 0.453. The molecule has 2 heterocycles. The SMILES string of the molecule is Brc1cccc(Oc2cccc3nncn23)c1Br. The van der Waals surface area contributed by atoms with Crippen molar-refractivity contribution in [3.05, 3.63) is 51.7 Å². The van der Waals surface area contributed by atoms with Crippen LogP contribution < -0.4 is 4.74 Å². The van der Waals surface area contributed by atoms with Crippen LogP contribution in [0.2, 0.25) is 0 Å². The van der Waals surface area contributed by atoms with E-state index in [-0.39, 0.29) is 0 Å². The Kier molecular flexibility index (Phi) is 3.05. The summed E-state index contributed by atoms with van der Waals surface area (Å²) in [5.74, 6) is 1.39. The van der Waals surface area contributed by atoms with E-state index in [9.17, 15) is 0 Å². The summed E-state index contributed by atoms with van der Waals surface area (Å²) in [6, 6.07) is 11.4. The van der Waals surface area contributed by atoms with Gasteiger partial charge in [-0.05, 0) is 56.1 Å². The number of hydrogen-bond acceptors (Lipinski definition) is 3. The average molecular weight is 369 g/mol. The van der Waals surface area contributed by atoms with Crippen molar-refractivity contribution in [3.8, 4) is 11.6 Å². The van der Waals surface area contributed by atoms with E-state index in [2.05, 4.69) is 42.1 Å². The third kappa shape index (κ3) is 2.02. The van der Waals surface area contributed by atoms with Gasteiger partial charge in [-0.2, -0.15) is 0 Å². The molecule has 0 amide bonds. The van der Waals surface area contributed by atoms with Crippen molar-refractivity contribution in [2.75, 3.05) is 0 Å². The maximum absolute atomic E-state index is 5.87. The minimum absolute atomic E-state index is 0.663. The number of benzene rings is 1. The van der Waals surface area contributed by atoms with Gasteiger partial charge >= 0.3 is 0 Å². The Hall–Kier alpha value is -1.40. The summed E-state index contributed by atoms with van der Waals surface area (Å²) in [5.41, 5.74) is 0.749. The molecule has 0 atom stereocenters. The van der Waals surface area contributed by atoms with Crippen molar-refractivity contribution in [3.63, 3.8) is 0 Å². The van der Waals surface area contributed by atoms with Crippen LogP contribution >= 0.6 is 31.9 Å². The predicted molar refractivity (Wildman–Crippen MR) is 74.9 cm³/mol. The van der Waals surface area contributed by atoms with Crippen molar-refractivity contribution < 1.29 is 4.74 Å². The lowest BCUT2D eigenvalue weighted by Crippen LogP contribution is -1.93. The number of aromatic nitrogens is 3. The van der Waals surface area contributed by atoms with Crippen LogP contribution in [0.4, 0.5) is 0 Å². The summed E-state index contributed by atoms with van der Waals surface area (Å²) >= 11 is 6.92. The number of halogens is 2. The molecule has 0 aliphatic rings.